The van der Waals surface area contributed by atoms with E-state index in [1.165, 1.54) is 12.8 Å². The molecule has 0 saturated carbocycles. The zero-order chi connectivity index (χ0) is 20.9. The molecule has 158 valence electrons. The number of nitrogens with one attached hydrogen (secondary N) is 1. The van der Waals surface area contributed by atoms with E-state index in [2.05, 4.69) is 22.2 Å². The van der Waals surface area contributed by atoms with Crippen LogP contribution in [0, 0.1) is 5.92 Å². The zero-order valence-corrected chi connectivity index (χ0v) is 17.8. The highest BCUT2D eigenvalue weighted by Crippen LogP contribution is 2.19. The molecule has 0 radical (unpaired) electrons. The van der Waals surface area contributed by atoms with Crippen molar-refractivity contribution in [2.75, 3.05) is 33.3 Å². The van der Waals surface area contributed by atoms with E-state index in [9.17, 15) is 4.79 Å². The Kier molecular flexibility index (Phi) is 6.33. The summed E-state index contributed by atoms with van der Waals surface area (Å²) in [6, 6.07) is 13.7. The Hall–Kier alpha value is -2.86. The molecule has 1 amide bonds. The lowest BCUT2D eigenvalue weighted by Gasteiger charge is -2.30. The minimum atomic E-state index is -0.0314. The standard InChI is InChI=1S/C24H30N4O2/c1-18-5-4-11-27(16-18)12-10-25-24(29)20-8-9-21-15-26-28(23(21)14-20)17-19-6-3-7-22(13-19)30-2/h3,6-9,13-15,18H,4-5,10-12,16-17H2,1-2H3,(H,25,29)/t18-/m0/s1. The summed E-state index contributed by atoms with van der Waals surface area (Å²) < 4.78 is 7.24. The summed E-state index contributed by atoms with van der Waals surface area (Å²) >= 11 is 0. The number of likely N-dealkylation sites (tertiary alicyclic amines) is 1. The number of nitrogens with zero attached hydrogens (tertiary/aromatic N) is 3. The fraction of sp³-hybridized carbons (Fsp3) is 0.417. The molecule has 1 atom stereocenters. The lowest BCUT2D eigenvalue weighted by atomic mass is 10.0. The molecular formula is C24H30N4O2. The molecule has 3 aromatic rings. The number of methoxy groups -OCH3 is 1. The average Bonchev–Trinajstić information content (AvgIpc) is 3.16. The first-order valence-electron chi connectivity index (χ1n) is 10.7. The van der Waals surface area contributed by atoms with Gasteiger partial charge in [0.1, 0.15) is 5.75 Å². The van der Waals surface area contributed by atoms with E-state index in [-0.39, 0.29) is 5.91 Å². The third kappa shape index (κ3) is 4.82. The largest absolute Gasteiger partial charge is 0.497 e. The van der Waals surface area contributed by atoms with Gasteiger partial charge in [0, 0.05) is 30.6 Å². The molecule has 30 heavy (non-hydrogen) atoms. The number of ether oxygens (including phenoxy) is 1. The van der Waals surface area contributed by atoms with Gasteiger partial charge in [-0.3, -0.25) is 9.48 Å². The minimum Gasteiger partial charge on any atom is -0.497 e. The van der Waals surface area contributed by atoms with Crippen LogP contribution in [-0.4, -0.2) is 53.9 Å². The molecule has 1 aromatic heterocycles. The lowest BCUT2D eigenvalue weighted by Crippen LogP contribution is -2.40. The molecule has 1 saturated heterocycles. The molecule has 0 aliphatic carbocycles. The van der Waals surface area contributed by atoms with Crippen LogP contribution >= 0.6 is 0 Å². The van der Waals surface area contributed by atoms with Crippen LogP contribution in [0.3, 0.4) is 0 Å². The second-order valence-corrected chi connectivity index (χ2v) is 8.23. The summed E-state index contributed by atoms with van der Waals surface area (Å²) in [6.07, 6.45) is 4.41. The predicted octanol–water partition coefficient (Wildman–Crippen LogP) is 3.55. The molecular weight excluding hydrogens is 376 g/mol. The van der Waals surface area contributed by atoms with Crippen LogP contribution in [0.5, 0.6) is 5.75 Å². The predicted molar refractivity (Wildman–Crippen MR) is 119 cm³/mol. The van der Waals surface area contributed by atoms with Crippen LogP contribution in [0.25, 0.3) is 10.9 Å². The highest BCUT2D eigenvalue weighted by atomic mass is 16.5. The Morgan fingerprint density at radius 1 is 1.27 bits per heavy atom. The first kappa shape index (κ1) is 20.4. The Morgan fingerprint density at radius 2 is 2.17 bits per heavy atom. The number of piperidine rings is 1. The molecule has 0 spiro atoms. The number of fused-ring (bicyclic) bond motifs is 1. The number of carbonyl (C=O) groups excluding carboxylic acids is 1. The highest BCUT2D eigenvalue weighted by molar-refractivity contribution is 5.97. The van der Waals surface area contributed by atoms with Gasteiger partial charge in [0.25, 0.3) is 5.91 Å². The van der Waals surface area contributed by atoms with Crippen LogP contribution in [-0.2, 0) is 6.54 Å². The molecule has 2 heterocycles. The Balaban J connectivity index is 1.42. The monoisotopic (exact) mass is 406 g/mol. The molecule has 2 aromatic carbocycles. The summed E-state index contributed by atoms with van der Waals surface area (Å²) in [5.41, 5.74) is 2.72. The van der Waals surface area contributed by atoms with Gasteiger partial charge in [0.05, 0.1) is 25.4 Å². The molecule has 1 N–H and O–H groups in total. The fourth-order valence-corrected chi connectivity index (χ4v) is 4.20. The number of hydrogen-bond donors (Lipinski definition) is 1. The van der Waals surface area contributed by atoms with Gasteiger partial charge in [-0.05, 0) is 55.1 Å². The Bertz CT molecular complexity index is 1010. The number of hydrogen-bond acceptors (Lipinski definition) is 4. The summed E-state index contributed by atoms with van der Waals surface area (Å²) in [5.74, 6) is 1.55. The summed E-state index contributed by atoms with van der Waals surface area (Å²) in [5, 5.41) is 8.61. The normalized spacial score (nSPS) is 17.2. The van der Waals surface area contributed by atoms with Crippen molar-refractivity contribution in [2.24, 2.45) is 5.92 Å². The quantitative estimate of drug-likeness (QED) is 0.652. The van der Waals surface area contributed by atoms with Gasteiger partial charge in [-0.2, -0.15) is 5.10 Å². The second-order valence-electron chi connectivity index (χ2n) is 8.23. The van der Waals surface area contributed by atoms with E-state index in [4.69, 9.17) is 4.74 Å². The van der Waals surface area contributed by atoms with Gasteiger partial charge >= 0.3 is 0 Å². The van der Waals surface area contributed by atoms with Crippen molar-refractivity contribution < 1.29 is 9.53 Å². The number of rotatable bonds is 7. The van der Waals surface area contributed by atoms with Gasteiger partial charge in [0.15, 0.2) is 0 Å². The van der Waals surface area contributed by atoms with Crippen molar-refractivity contribution in [3.05, 3.63) is 59.8 Å². The van der Waals surface area contributed by atoms with Gasteiger partial charge < -0.3 is 15.0 Å². The Labute approximate surface area is 177 Å². The summed E-state index contributed by atoms with van der Waals surface area (Å²) in [6.45, 7) is 6.77. The third-order valence-corrected chi connectivity index (χ3v) is 5.83. The number of aromatic nitrogens is 2. The second kappa shape index (κ2) is 9.30. The molecule has 1 fully saturated rings. The highest BCUT2D eigenvalue weighted by Gasteiger charge is 2.16. The van der Waals surface area contributed by atoms with Crippen LogP contribution in [0.1, 0.15) is 35.7 Å². The maximum atomic E-state index is 12.7. The first-order valence-corrected chi connectivity index (χ1v) is 10.7. The van der Waals surface area contributed by atoms with E-state index in [0.717, 1.165) is 47.8 Å². The number of amides is 1. The van der Waals surface area contributed by atoms with Crippen molar-refractivity contribution in [1.82, 2.24) is 20.0 Å². The number of carbonyl (C=O) groups is 1. The van der Waals surface area contributed by atoms with Crippen LogP contribution in [0.15, 0.2) is 48.7 Å². The molecule has 4 rings (SSSR count). The molecule has 1 aliphatic rings. The average molecular weight is 407 g/mol. The minimum absolute atomic E-state index is 0.0314. The van der Waals surface area contributed by atoms with Crippen molar-refractivity contribution in [2.45, 2.75) is 26.3 Å². The Morgan fingerprint density at radius 3 is 3.00 bits per heavy atom. The SMILES string of the molecule is COc1cccc(Cn2ncc3ccc(C(=O)NCCN4CCC[C@H](C)C4)cc32)c1. The summed E-state index contributed by atoms with van der Waals surface area (Å²) in [4.78, 5) is 15.1. The first-order chi connectivity index (χ1) is 14.6. The van der Waals surface area contributed by atoms with Crippen LogP contribution in [0.4, 0.5) is 0 Å². The molecule has 6 nitrogen and oxygen atoms in total. The number of benzene rings is 2. The van der Waals surface area contributed by atoms with E-state index in [1.54, 1.807) is 7.11 Å². The summed E-state index contributed by atoms with van der Waals surface area (Å²) in [7, 11) is 1.67. The fourth-order valence-electron chi connectivity index (χ4n) is 4.20. The van der Waals surface area contributed by atoms with Gasteiger partial charge in [-0.1, -0.05) is 25.1 Å². The maximum Gasteiger partial charge on any atom is 0.251 e. The third-order valence-electron chi connectivity index (χ3n) is 5.83. The van der Waals surface area contributed by atoms with Gasteiger partial charge in [-0.25, -0.2) is 0 Å². The van der Waals surface area contributed by atoms with Crippen LogP contribution in [0.2, 0.25) is 0 Å². The van der Waals surface area contributed by atoms with Crippen molar-refractivity contribution in [3.63, 3.8) is 0 Å². The van der Waals surface area contributed by atoms with E-state index in [1.807, 2.05) is 53.3 Å². The zero-order valence-electron chi connectivity index (χ0n) is 17.8. The molecule has 6 heteroatoms. The van der Waals surface area contributed by atoms with Crippen molar-refractivity contribution in [1.29, 1.82) is 0 Å². The topological polar surface area (TPSA) is 59.4 Å². The molecule has 0 unspecified atom stereocenters. The van der Waals surface area contributed by atoms with E-state index < -0.39 is 0 Å². The van der Waals surface area contributed by atoms with E-state index in [0.29, 0.717) is 18.7 Å². The maximum absolute atomic E-state index is 12.7. The molecule has 0 bridgehead atoms. The van der Waals surface area contributed by atoms with Gasteiger partial charge in [-0.15, -0.1) is 0 Å². The smallest absolute Gasteiger partial charge is 0.251 e. The van der Waals surface area contributed by atoms with E-state index >= 15 is 0 Å². The van der Waals surface area contributed by atoms with Crippen molar-refractivity contribution in [3.8, 4) is 5.75 Å². The van der Waals surface area contributed by atoms with Gasteiger partial charge in [0.2, 0.25) is 0 Å². The van der Waals surface area contributed by atoms with Crippen molar-refractivity contribution >= 4 is 16.8 Å². The molecule has 1 aliphatic heterocycles. The lowest BCUT2D eigenvalue weighted by molar-refractivity contribution is 0.0944. The van der Waals surface area contributed by atoms with Crippen LogP contribution < -0.4 is 10.1 Å².